The van der Waals surface area contributed by atoms with Gasteiger partial charge < -0.3 is 5.32 Å². The highest BCUT2D eigenvalue weighted by molar-refractivity contribution is 7.10. The van der Waals surface area contributed by atoms with Gasteiger partial charge in [-0.25, -0.2) is 4.79 Å². The van der Waals surface area contributed by atoms with Crippen molar-refractivity contribution >= 4 is 17.2 Å². The zero-order valence-electron chi connectivity index (χ0n) is 13.6. The van der Waals surface area contributed by atoms with Crippen molar-refractivity contribution in [1.82, 2.24) is 14.5 Å². The molecule has 1 atom stereocenters. The lowest BCUT2D eigenvalue weighted by Gasteiger charge is -2.24. The monoisotopic (exact) mass is 347 g/mol. The number of carbonyl (C=O) groups is 1. The summed E-state index contributed by atoms with van der Waals surface area (Å²) in [5.41, 5.74) is -0.856. The van der Waals surface area contributed by atoms with Gasteiger partial charge in [0.05, 0.1) is 6.04 Å². The first kappa shape index (κ1) is 16.7. The molecule has 1 fully saturated rings. The van der Waals surface area contributed by atoms with Crippen LogP contribution >= 0.6 is 11.3 Å². The van der Waals surface area contributed by atoms with Crippen molar-refractivity contribution in [2.45, 2.75) is 38.3 Å². The van der Waals surface area contributed by atoms with Crippen LogP contribution in [0.2, 0.25) is 0 Å². The molecule has 128 valence electrons. The van der Waals surface area contributed by atoms with E-state index in [0.29, 0.717) is 5.92 Å². The van der Waals surface area contributed by atoms with Gasteiger partial charge in [-0.2, -0.15) is 0 Å². The number of aromatic nitrogens is 2. The molecule has 1 saturated carbocycles. The van der Waals surface area contributed by atoms with Gasteiger partial charge in [0.1, 0.15) is 6.54 Å². The molecule has 0 radical (unpaired) electrons. The van der Waals surface area contributed by atoms with E-state index in [1.54, 1.807) is 11.3 Å². The Hall–Kier alpha value is -2.15. The molecule has 1 unspecified atom stereocenters. The third-order valence-electron chi connectivity index (χ3n) is 4.61. The molecule has 0 aromatic carbocycles. The van der Waals surface area contributed by atoms with Crippen molar-refractivity contribution in [2.24, 2.45) is 13.0 Å². The molecule has 0 saturated heterocycles. The van der Waals surface area contributed by atoms with Gasteiger partial charge in [-0.15, -0.1) is 11.3 Å². The fourth-order valence-electron chi connectivity index (χ4n) is 3.29. The summed E-state index contributed by atoms with van der Waals surface area (Å²) in [5.74, 6) is 0.241. The molecule has 0 bridgehead atoms. The van der Waals surface area contributed by atoms with Gasteiger partial charge in [0.2, 0.25) is 5.91 Å². The topological polar surface area (TPSA) is 73.1 Å². The molecule has 0 aliphatic heterocycles. The minimum absolute atomic E-state index is 0.00299. The second-order valence-corrected chi connectivity index (χ2v) is 7.21. The van der Waals surface area contributed by atoms with E-state index in [0.717, 1.165) is 22.3 Å². The third kappa shape index (κ3) is 3.51. The number of rotatable bonds is 5. The van der Waals surface area contributed by atoms with Gasteiger partial charge in [-0.05, 0) is 30.2 Å². The normalized spacial score (nSPS) is 16.2. The van der Waals surface area contributed by atoms with Crippen molar-refractivity contribution < 1.29 is 4.79 Å². The lowest BCUT2D eigenvalue weighted by atomic mass is 9.96. The first-order valence-corrected chi connectivity index (χ1v) is 9.03. The maximum atomic E-state index is 12.5. The summed E-state index contributed by atoms with van der Waals surface area (Å²) in [6, 6.07) is 5.34. The quantitative estimate of drug-likeness (QED) is 0.894. The number of amides is 1. The minimum Gasteiger partial charge on any atom is -0.347 e. The van der Waals surface area contributed by atoms with E-state index < -0.39 is 5.69 Å². The highest BCUT2D eigenvalue weighted by Crippen LogP contribution is 2.37. The summed E-state index contributed by atoms with van der Waals surface area (Å²) in [4.78, 5) is 37.1. The molecule has 1 aliphatic carbocycles. The Balaban J connectivity index is 1.75. The van der Waals surface area contributed by atoms with Crippen LogP contribution in [0.3, 0.4) is 0 Å². The fourth-order valence-corrected chi connectivity index (χ4v) is 4.16. The third-order valence-corrected chi connectivity index (χ3v) is 5.57. The first-order valence-electron chi connectivity index (χ1n) is 8.15. The largest absolute Gasteiger partial charge is 0.347 e. The molecular weight excluding hydrogens is 326 g/mol. The Morgan fingerprint density at radius 1 is 1.33 bits per heavy atom. The summed E-state index contributed by atoms with van der Waals surface area (Å²) in [5, 5.41) is 5.11. The van der Waals surface area contributed by atoms with Crippen molar-refractivity contribution in [2.75, 3.05) is 0 Å². The van der Waals surface area contributed by atoms with Crippen molar-refractivity contribution in [3.8, 4) is 0 Å². The van der Waals surface area contributed by atoms with Crippen LogP contribution in [0.25, 0.3) is 0 Å². The van der Waals surface area contributed by atoms with Crippen molar-refractivity contribution in [1.29, 1.82) is 0 Å². The van der Waals surface area contributed by atoms with E-state index in [1.165, 1.54) is 36.7 Å². The fraction of sp³-hybridized carbons (Fsp3) is 0.471. The number of nitrogens with one attached hydrogen (secondary N) is 1. The maximum absolute atomic E-state index is 12.5. The van der Waals surface area contributed by atoms with E-state index in [4.69, 9.17) is 0 Å². The second kappa shape index (κ2) is 7.17. The summed E-state index contributed by atoms with van der Waals surface area (Å²) >= 11 is 1.65. The predicted octanol–water partition coefficient (Wildman–Crippen LogP) is 1.66. The number of hydrogen-bond acceptors (Lipinski definition) is 4. The van der Waals surface area contributed by atoms with Crippen LogP contribution in [0.5, 0.6) is 0 Å². The average Bonchev–Trinajstić information content (AvgIpc) is 3.26. The molecule has 2 aromatic heterocycles. The Morgan fingerprint density at radius 2 is 2.08 bits per heavy atom. The second-order valence-electron chi connectivity index (χ2n) is 6.23. The van der Waals surface area contributed by atoms with Gasteiger partial charge >= 0.3 is 5.69 Å². The van der Waals surface area contributed by atoms with E-state index >= 15 is 0 Å². The smallest absolute Gasteiger partial charge is 0.331 e. The van der Waals surface area contributed by atoms with Gasteiger partial charge in [-0.3, -0.25) is 18.7 Å². The number of carbonyl (C=O) groups excluding carboxylic acids is 1. The maximum Gasteiger partial charge on any atom is 0.331 e. The van der Waals surface area contributed by atoms with Crippen LogP contribution in [-0.4, -0.2) is 15.0 Å². The van der Waals surface area contributed by atoms with E-state index in [9.17, 15) is 14.4 Å². The molecule has 1 aliphatic rings. The van der Waals surface area contributed by atoms with Gasteiger partial charge in [0.25, 0.3) is 5.56 Å². The van der Waals surface area contributed by atoms with Gasteiger partial charge in [0, 0.05) is 24.2 Å². The highest BCUT2D eigenvalue weighted by atomic mass is 32.1. The Labute approximate surface area is 143 Å². The zero-order chi connectivity index (χ0) is 17.1. The van der Waals surface area contributed by atoms with E-state index in [-0.39, 0.29) is 24.1 Å². The van der Waals surface area contributed by atoms with Crippen LogP contribution in [0.15, 0.2) is 39.4 Å². The molecule has 1 N–H and O–H groups in total. The first-order chi connectivity index (χ1) is 11.6. The molecule has 3 rings (SSSR count). The molecule has 2 heterocycles. The summed E-state index contributed by atoms with van der Waals surface area (Å²) < 4.78 is 2.26. The number of thiophene rings is 1. The van der Waals surface area contributed by atoms with Crippen molar-refractivity contribution in [3.63, 3.8) is 0 Å². The predicted molar refractivity (Wildman–Crippen MR) is 93.1 cm³/mol. The van der Waals surface area contributed by atoms with Crippen LogP contribution in [0.4, 0.5) is 0 Å². The van der Waals surface area contributed by atoms with Crippen molar-refractivity contribution in [3.05, 3.63) is 55.5 Å². The Kier molecular flexibility index (Phi) is 4.99. The number of nitrogens with zero attached hydrogens (tertiary/aromatic N) is 2. The van der Waals surface area contributed by atoms with Crippen LogP contribution in [0.1, 0.15) is 36.6 Å². The standard InChI is InChI=1S/C17H21N3O3S/c1-19-15(22)8-9-20(17(19)23)11-14(21)18-16(12-5-2-3-6-12)13-7-4-10-24-13/h4,7-10,12,16H,2-3,5-6,11H2,1H3,(H,18,21). The van der Waals surface area contributed by atoms with E-state index in [2.05, 4.69) is 5.32 Å². The summed E-state index contributed by atoms with van der Waals surface area (Å²) in [6.07, 6.45) is 6.00. The van der Waals surface area contributed by atoms with Crippen LogP contribution in [-0.2, 0) is 18.4 Å². The lowest BCUT2D eigenvalue weighted by molar-refractivity contribution is -0.122. The summed E-state index contributed by atoms with van der Waals surface area (Å²) in [7, 11) is 1.41. The van der Waals surface area contributed by atoms with E-state index in [1.807, 2.05) is 17.5 Å². The molecular formula is C17H21N3O3S. The minimum atomic E-state index is -0.480. The van der Waals surface area contributed by atoms with Gasteiger partial charge in [0.15, 0.2) is 0 Å². The zero-order valence-corrected chi connectivity index (χ0v) is 14.4. The molecule has 24 heavy (non-hydrogen) atoms. The lowest BCUT2D eigenvalue weighted by Crippen LogP contribution is -2.41. The molecule has 0 spiro atoms. The molecule has 6 nitrogen and oxygen atoms in total. The molecule has 2 aromatic rings. The van der Waals surface area contributed by atoms with Gasteiger partial charge in [-0.1, -0.05) is 18.9 Å². The number of hydrogen-bond donors (Lipinski definition) is 1. The Morgan fingerprint density at radius 3 is 2.75 bits per heavy atom. The molecule has 1 amide bonds. The van der Waals surface area contributed by atoms with Crippen LogP contribution in [0, 0.1) is 5.92 Å². The van der Waals surface area contributed by atoms with Crippen LogP contribution < -0.4 is 16.6 Å². The average molecular weight is 347 g/mol. The highest BCUT2D eigenvalue weighted by Gasteiger charge is 2.28. The summed E-state index contributed by atoms with van der Waals surface area (Å²) in [6.45, 7) is -0.0818. The SMILES string of the molecule is Cn1c(=O)ccn(CC(=O)NC(c2cccs2)C2CCCC2)c1=O. The Bertz CT molecular complexity index is 816. The molecule has 7 heteroatoms.